The van der Waals surface area contributed by atoms with Gasteiger partial charge in [0.05, 0.1) is 22.1 Å². The van der Waals surface area contributed by atoms with Gasteiger partial charge in [0.25, 0.3) is 0 Å². The average molecular weight is 295 g/mol. The van der Waals surface area contributed by atoms with E-state index in [-0.39, 0.29) is 12.4 Å². The van der Waals surface area contributed by atoms with Crippen molar-refractivity contribution in [2.45, 2.75) is 0 Å². The van der Waals surface area contributed by atoms with Gasteiger partial charge in [0, 0.05) is 11.1 Å². The van der Waals surface area contributed by atoms with Crippen LogP contribution >= 0.6 is 12.4 Å². The van der Waals surface area contributed by atoms with Crippen LogP contribution in [0.25, 0.3) is 27.6 Å². The van der Waals surface area contributed by atoms with Gasteiger partial charge in [-0.15, -0.1) is 12.4 Å². The average Bonchev–Trinajstić information content (AvgIpc) is 2.85. The molecule has 0 unspecified atom stereocenters. The van der Waals surface area contributed by atoms with E-state index < -0.39 is 0 Å². The van der Waals surface area contributed by atoms with Crippen molar-refractivity contribution in [2.75, 3.05) is 5.73 Å². The summed E-state index contributed by atoms with van der Waals surface area (Å²) in [5.74, 6) is 0. The lowest BCUT2D eigenvalue weighted by molar-refractivity contribution is 1.28. The standard InChI is InChI=1S/C16H10N4.ClH/c17-9-11-7-10-8-12(18)5-6-14(10)20-15-4-2-1-3-13(15)19-16(11)20;/h1-8H,18H2;1H. The molecule has 0 aliphatic carbocycles. The quantitative estimate of drug-likeness (QED) is 0.505. The number of rotatable bonds is 0. The molecule has 2 N–H and O–H groups in total. The van der Waals surface area contributed by atoms with Crippen molar-refractivity contribution >= 4 is 45.7 Å². The van der Waals surface area contributed by atoms with Crippen molar-refractivity contribution in [1.29, 1.82) is 5.26 Å². The van der Waals surface area contributed by atoms with Crippen LogP contribution in [0.2, 0.25) is 0 Å². The van der Waals surface area contributed by atoms with E-state index in [4.69, 9.17) is 5.73 Å². The molecule has 0 radical (unpaired) electrons. The van der Waals surface area contributed by atoms with Crippen molar-refractivity contribution in [3.8, 4) is 6.07 Å². The van der Waals surface area contributed by atoms with Gasteiger partial charge in [-0.3, -0.25) is 4.40 Å². The van der Waals surface area contributed by atoms with Crippen molar-refractivity contribution in [1.82, 2.24) is 9.38 Å². The number of nitrogen functional groups attached to an aromatic ring is 1. The van der Waals surface area contributed by atoms with Crippen LogP contribution in [0.5, 0.6) is 0 Å². The van der Waals surface area contributed by atoms with E-state index >= 15 is 0 Å². The Morgan fingerprint density at radius 2 is 1.86 bits per heavy atom. The lowest BCUT2D eigenvalue weighted by atomic mass is 10.1. The molecule has 2 aromatic heterocycles. The number of hydrogen-bond acceptors (Lipinski definition) is 3. The first kappa shape index (κ1) is 13.2. The third-order valence-electron chi connectivity index (χ3n) is 3.51. The van der Waals surface area contributed by atoms with Crippen molar-refractivity contribution in [3.63, 3.8) is 0 Å². The summed E-state index contributed by atoms with van der Waals surface area (Å²) in [6.07, 6.45) is 0. The van der Waals surface area contributed by atoms with Gasteiger partial charge < -0.3 is 5.73 Å². The fraction of sp³-hybridized carbons (Fsp3) is 0. The molecule has 5 heteroatoms. The first-order valence-electron chi connectivity index (χ1n) is 6.27. The maximum absolute atomic E-state index is 9.35. The van der Waals surface area contributed by atoms with Crippen molar-refractivity contribution < 1.29 is 0 Å². The van der Waals surface area contributed by atoms with Crippen LogP contribution in [-0.4, -0.2) is 9.38 Å². The number of nitriles is 1. The number of aromatic nitrogens is 2. The van der Waals surface area contributed by atoms with E-state index in [0.29, 0.717) is 16.9 Å². The van der Waals surface area contributed by atoms with Gasteiger partial charge in [0.1, 0.15) is 6.07 Å². The van der Waals surface area contributed by atoms with Gasteiger partial charge in [0.2, 0.25) is 0 Å². The van der Waals surface area contributed by atoms with E-state index in [9.17, 15) is 5.26 Å². The summed E-state index contributed by atoms with van der Waals surface area (Å²) in [5.41, 5.74) is 10.6. The van der Waals surface area contributed by atoms with Crippen LogP contribution in [0.4, 0.5) is 5.69 Å². The first-order valence-corrected chi connectivity index (χ1v) is 6.27. The van der Waals surface area contributed by atoms with E-state index in [2.05, 4.69) is 11.1 Å². The molecule has 0 saturated heterocycles. The summed E-state index contributed by atoms with van der Waals surface area (Å²) >= 11 is 0. The van der Waals surface area contributed by atoms with Gasteiger partial charge in [-0.25, -0.2) is 4.98 Å². The van der Waals surface area contributed by atoms with Gasteiger partial charge >= 0.3 is 0 Å². The lowest BCUT2D eigenvalue weighted by Crippen LogP contribution is -1.93. The molecule has 0 amide bonds. The van der Waals surface area contributed by atoms with Gasteiger partial charge in [-0.2, -0.15) is 5.26 Å². The van der Waals surface area contributed by atoms with Crippen LogP contribution in [0.15, 0.2) is 48.5 Å². The highest BCUT2D eigenvalue weighted by Gasteiger charge is 2.12. The fourth-order valence-electron chi connectivity index (χ4n) is 2.65. The molecule has 4 rings (SSSR count). The summed E-state index contributed by atoms with van der Waals surface area (Å²) in [6.45, 7) is 0. The van der Waals surface area contributed by atoms with E-state index in [1.165, 1.54) is 0 Å². The molecule has 4 nitrogen and oxygen atoms in total. The maximum atomic E-state index is 9.35. The van der Waals surface area contributed by atoms with Crippen LogP contribution in [0, 0.1) is 11.3 Å². The molecule has 0 fully saturated rings. The molecule has 0 spiro atoms. The summed E-state index contributed by atoms with van der Waals surface area (Å²) in [4.78, 5) is 4.57. The Morgan fingerprint density at radius 3 is 2.67 bits per heavy atom. The Bertz CT molecular complexity index is 1030. The van der Waals surface area contributed by atoms with Crippen molar-refractivity contribution in [3.05, 3.63) is 54.1 Å². The van der Waals surface area contributed by atoms with E-state index in [1.54, 1.807) is 0 Å². The number of para-hydroxylation sites is 2. The molecular formula is C16H11ClN4. The number of benzene rings is 2. The number of halogens is 1. The Hall–Kier alpha value is -2.77. The molecule has 0 bridgehead atoms. The number of nitrogens with two attached hydrogens (primary N) is 1. The minimum Gasteiger partial charge on any atom is -0.399 e. The zero-order valence-electron chi connectivity index (χ0n) is 10.9. The maximum Gasteiger partial charge on any atom is 0.156 e. The third kappa shape index (κ3) is 1.79. The second-order valence-electron chi connectivity index (χ2n) is 4.75. The van der Waals surface area contributed by atoms with E-state index in [1.807, 2.05) is 52.9 Å². The highest BCUT2D eigenvalue weighted by molar-refractivity contribution is 5.94. The number of pyridine rings is 1. The summed E-state index contributed by atoms with van der Waals surface area (Å²) in [5, 5.41) is 10.3. The molecular weight excluding hydrogens is 284 g/mol. The Balaban J connectivity index is 0.00000132. The second kappa shape index (κ2) is 4.65. The zero-order valence-corrected chi connectivity index (χ0v) is 11.8. The van der Waals surface area contributed by atoms with Gasteiger partial charge in [0.15, 0.2) is 5.65 Å². The number of anilines is 1. The van der Waals surface area contributed by atoms with E-state index in [0.717, 1.165) is 21.9 Å². The second-order valence-corrected chi connectivity index (χ2v) is 4.75. The minimum absolute atomic E-state index is 0. The monoisotopic (exact) mass is 294 g/mol. The largest absolute Gasteiger partial charge is 0.399 e. The molecule has 21 heavy (non-hydrogen) atoms. The molecule has 0 saturated carbocycles. The summed E-state index contributed by atoms with van der Waals surface area (Å²) < 4.78 is 2.02. The van der Waals surface area contributed by atoms with Crippen LogP contribution in [-0.2, 0) is 0 Å². The third-order valence-corrected chi connectivity index (χ3v) is 3.51. The number of hydrogen-bond donors (Lipinski definition) is 1. The zero-order chi connectivity index (χ0) is 13.7. The van der Waals surface area contributed by atoms with Gasteiger partial charge in [-0.05, 0) is 36.4 Å². The Labute approximate surface area is 126 Å². The fourth-order valence-corrected chi connectivity index (χ4v) is 2.65. The molecule has 0 aliphatic rings. The first-order chi connectivity index (χ1) is 9.78. The molecule has 0 atom stereocenters. The smallest absolute Gasteiger partial charge is 0.156 e. The molecule has 4 aromatic rings. The van der Waals surface area contributed by atoms with Gasteiger partial charge in [-0.1, -0.05) is 12.1 Å². The highest BCUT2D eigenvalue weighted by atomic mass is 35.5. The predicted octanol–water partition coefficient (Wildman–Crippen LogP) is 3.52. The Kier molecular flexibility index (Phi) is 2.93. The topological polar surface area (TPSA) is 67.1 Å². The lowest BCUT2D eigenvalue weighted by Gasteiger charge is -2.05. The Morgan fingerprint density at radius 1 is 1.05 bits per heavy atom. The molecule has 2 aromatic carbocycles. The summed E-state index contributed by atoms with van der Waals surface area (Å²) in [7, 11) is 0. The van der Waals surface area contributed by atoms with Crippen LogP contribution < -0.4 is 5.73 Å². The van der Waals surface area contributed by atoms with Crippen LogP contribution in [0.3, 0.4) is 0 Å². The SMILES string of the molecule is Cl.N#Cc1cc2cc(N)ccc2n2c1nc1ccccc12. The number of imidazole rings is 1. The minimum atomic E-state index is 0. The predicted molar refractivity (Wildman–Crippen MR) is 86.6 cm³/mol. The number of fused-ring (bicyclic) bond motifs is 5. The van der Waals surface area contributed by atoms with Crippen molar-refractivity contribution in [2.24, 2.45) is 0 Å². The van der Waals surface area contributed by atoms with Crippen LogP contribution in [0.1, 0.15) is 5.56 Å². The molecule has 102 valence electrons. The normalized spacial score (nSPS) is 10.6. The highest BCUT2D eigenvalue weighted by Crippen LogP contribution is 2.26. The molecule has 0 aliphatic heterocycles. The molecule has 2 heterocycles. The summed E-state index contributed by atoms with van der Waals surface area (Å²) in [6, 6.07) is 17.6. The number of nitrogens with zero attached hydrogens (tertiary/aromatic N) is 3.